The molecule has 142 valence electrons. The normalized spacial score (nSPS) is 16.4. The summed E-state index contributed by atoms with van der Waals surface area (Å²) in [6.07, 6.45) is 8.07. The Morgan fingerprint density at radius 3 is 2.65 bits per heavy atom. The minimum Gasteiger partial charge on any atom is -0.383 e. The molecule has 3 rings (SSSR count). The quantitative estimate of drug-likeness (QED) is 0.747. The zero-order valence-electron chi connectivity index (χ0n) is 16.0. The van der Waals surface area contributed by atoms with Crippen LogP contribution in [0.4, 0.5) is 0 Å². The van der Waals surface area contributed by atoms with Crippen molar-refractivity contribution < 1.29 is 4.74 Å². The van der Waals surface area contributed by atoms with E-state index in [2.05, 4.69) is 43.8 Å². The van der Waals surface area contributed by atoms with Gasteiger partial charge in [-0.1, -0.05) is 0 Å². The summed E-state index contributed by atoms with van der Waals surface area (Å²) < 4.78 is 5.21. The molecule has 6 heteroatoms. The minimum absolute atomic E-state index is 0.745. The molecule has 3 heterocycles. The highest BCUT2D eigenvalue weighted by molar-refractivity contribution is 5.12. The minimum atomic E-state index is 0.745. The SMILES string of the molecule is COCCN1CCC(CN(Cc2ccncc2)Cc2nc[nH]c2C)CC1. The predicted molar refractivity (Wildman–Crippen MR) is 103 cm³/mol. The van der Waals surface area contributed by atoms with Crippen LogP contribution in [0.3, 0.4) is 0 Å². The van der Waals surface area contributed by atoms with Gasteiger partial charge in [-0.3, -0.25) is 9.88 Å². The lowest BCUT2D eigenvalue weighted by molar-refractivity contribution is 0.103. The van der Waals surface area contributed by atoms with Crippen molar-refractivity contribution in [3.63, 3.8) is 0 Å². The average molecular weight is 358 g/mol. The number of rotatable bonds is 9. The lowest BCUT2D eigenvalue weighted by Gasteiger charge is -2.34. The first-order chi connectivity index (χ1) is 12.7. The molecule has 2 aromatic heterocycles. The molecule has 26 heavy (non-hydrogen) atoms. The summed E-state index contributed by atoms with van der Waals surface area (Å²) in [5.74, 6) is 0.745. The third-order valence-corrected chi connectivity index (χ3v) is 5.30. The smallest absolute Gasteiger partial charge is 0.0925 e. The summed E-state index contributed by atoms with van der Waals surface area (Å²) in [6, 6.07) is 4.22. The molecule has 0 aliphatic carbocycles. The number of hydrogen-bond donors (Lipinski definition) is 1. The third-order valence-electron chi connectivity index (χ3n) is 5.30. The molecule has 0 bridgehead atoms. The Bertz CT molecular complexity index is 637. The van der Waals surface area contributed by atoms with E-state index in [9.17, 15) is 0 Å². The number of ether oxygens (including phenoxy) is 1. The molecule has 6 nitrogen and oxygen atoms in total. The second kappa shape index (κ2) is 9.80. The number of H-pyrrole nitrogens is 1. The van der Waals surface area contributed by atoms with E-state index >= 15 is 0 Å². The summed E-state index contributed by atoms with van der Waals surface area (Å²) in [5, 5.41) is 0. The maximum atomic E-state index is 5.21. The van der Waals surface area contributed by atoms with Gasteiger partial charge in [0.2, 0.25) is 0 Å². The first-order valence-electron chi connectivity index (χ1n) is 9.56. The van der Waals surface area contributed by atoms with Gasteiger partial charge in [-0.25, -0.2) is 4.98 Å². The number of methoxy groups -OCH3 is 1. The highest BCUT2D eigenvalue weighted by Gasteiger charge is 2.22. The molecule has 0 saturated carbocycles. The Morgan fingerprint density at radius 2 is 2.00 bits per heavy atom. The third kappa shape index (κ3) is 5.62. The van der Waals surface area contributed by atoms with Gasteiger partial charge in [0.15, 0.2) is 0 Å². The number of hydrogen-bond acceptors (Lipinski definition) is 5. The molecule has 0 atom stereocenters. The van der Waals surface area contributed by atoms with Crippen LogP contribution in [0, 0.1) is 12.8 Å². The van der Waals surface area contributed by atoms with Crippen molar-refractivity contribution in [2.75, 3.05) is 39.9 Å². The van der Waals surface area contributed by atoms with Crippen molar-refractivity contribution in [1.29, 1.82) is 0 Å². The van der Waals surface area contributed by atoms with Gasteiger partial charge in [-0.05, 0) is 56.5 Å². The Labute approximate surface area is 156 Å². The van der Waals surface area contributed by atoms with E-state index in [1.807, 2.05) is 12.4 Å². The molecule has 1 N–H and O–H groups in total. The van der Waals surface area contributed by atoms with Crippen LogP contribution in [0.2, 0.25) is 0 Å². The van der Waals surface area contributed by atoms with Crippen molar-refractivity contribution in [2.24, 2.45) is 5.92 Å². The van der Waals surface area contributed by atoms with Gasteiger partial charge in [-0.2, -0.15) is 0 Å². The topological polar surface area (TPSA) is 57.3 Å². The Kier molecular flexibility index (Phi) is 7.17. The number of pyridine rings is 1. The molecule has 2 aromatic rings. The van der Waals surface area contributed by atoms with Gasteiger partial charge in [0.25, 0.3) is 0 Å². The van der Waals surface area contributed by atoms with Gasteiger partial charge in [0.05, 0.1) is 18.6 Å². The molecule has 1 fully saturated rings. The highest BCUT2D eigenvalue weighted by atomic mass is 16.5. The summed E-state index contributed by atoms with van der Waals surface area (Å²) in [7, 11) is 1.78. The number of imidazole rings is 1. The zero-order valence-corrected chi connectivity index (χ0v) is 16.0. The Balaban J connectivity index is 1.58. The van der Waals surface area contributed by atoms with E-state index in [1.54, 1.807) is 13.4 Å². The molecule has 1 saturated heterocycles. The van der Waals surface area contributed by atoms with Crippen LogP contribution in [0.1, 0.15) is 29.8 Å². The lowest BCUT2D eigenvalue weighted by Crippen LogP contribution is -2.39. The van der Waals surface area contributed by atoms with Gasteiger partial charge in [0.1, 0.15) is 0 Å². The van der Waals surface area contributed by atoms with Crippen LogP contribution in [0.5, 0.6) is 0 Å². The largest absolute Gasteiger partial charge is 0.383 e. The van der Waals surface area contributed by atoms with Gasteiger partial charge in [-0.15, -0.1) is 0 Å². The molecule has 1 aliphatic heterocycles. The molecule has 1 aliphatic rings. The van der Waals surface area contributed by atoms with Crippen LogP contribution in [0.25, 0.3) is 0 Å². The first kappa shape index (κ1) is 19.0. The molecule has 0 radical (unpaired) electrons. The second-order valence-corrected chi connectivity index (χ2v) is 7.28. The van der Waals surface area contributed by atoms with Crippen LogP contribution < -0.4 is 0 Å². The van der Waals surface area contributed by atoms with Crippen molar-refractivity contribution >= 4 is 0 Å². The van der Waals surface area contributed by atoms with Crippen molar-refractivity contribution in [3.05, 3.63) is 47.8 Å². The maximum absolute atomic E-state index is 5.21. The molecular formula is C20H31N5O. The van der Waals surface area contributed by atoms with E-state index in [-0.39, 0.29) is 0 Å². The number of aromatic nitrogens is 3. The van der Waals surface area contributed by atoms with E-state index in [4.69, 9.17) is 4.74 Å². The fourth-order valence-electron chi connectivity index (χ4n) is 3.67. The number of nitrogens with one attached hydrogen (secondary N) is 1. The van der Waals surface area contributed by atoms with Crippen LogP contribution in [-0.2, 0) is 17.8 Å². The summed E-state index contributed by atoms with van der Waals surface area (Å²) in [6.45, 7) is 9.29. The van der Waals surface area contributed by atoms with E-state index in [0.29, 0.717) is 0 Å². The summed E-state index contributed by atoms with van der Waals surface area (Å²) in [5.41, 5.74) is 3.63. The molecule has 0 unspecified atom stereocenters. The van der Waals surface area contributed by atoms with E-state index in [1.165, 1.54) is 37.2 Å². The van der Waals surface area contributed by atoms with Crippen molar-refractivity contribution in [1.82, 2.24) is 24.8 Å². The van der Waals surface area contributed by atoms with Gasteiger partial charge in [0, 0.05) is 51.4 Å². The van der Waals surface area contributed by atoms with Crippen molar-refractivity contribution in [3.8, 4) is 0 Å². The second-order valence-electron chi connectivity index (χ2n) is 7.28. The van der Waals surface area contributed by atoms with Crippen molar-refractivity contribution in [2.45, 2.75) is 32.9 Å². The number of piperidine rings is 1. The zero-order chi connectivity index (χ0) is 18.2. The highest BCUT2D eigenvalue weighted by Crippen LogP contribution is 2.21. The maximum Gasteiger partial charge on any atom is 0.0925 e. The van der Waals surface area contributed by atoms with Gasteiger partial charge >= 0.3 is 0 Å². The number of likely N-dealkylation sites (tertiary alicyclic amines) is 1. The molecule has 0 aromatic carbocycles. The molecule has 0 spiro atoms. The van der Waals surface area contributed by atoms with Crippen LogP contribution >= 0.6 is 0 Å². The molecular weight excluding hydrogens is 326 g/mol. The van der Waals surface area contributed by atoms with Crippen LogP contribution in [-0.4, -0.2) is 64.6 Å². The number of aromatic amines is 1. The number of nitrogens with zero attached hydrogens (tertiary/aromatic N) is 4. The summed E-state index contributed by atoms with van der Waals surface area (Å²) >= 11 is 0. The Hall–Kier alpha value is -1.76. The van der Waals surface area contributed by atoms with Crippen LogP contribution in [0.15, 0.2) is 30.9 Å². The van der Waals surface area contributed by atoms with Gasteiger partial charge < -0.3 is 14.6 Å². The Morgan fingerprint density at radius 1 is 1.23 bits per heavy atom. The van der Waals surface area contributed by atoms with E-state index in [0.717, 1.165) is 44.4 Å². The first-order valence-corrected chi connectivity index (χ1v) is 9.56. The predicted octanol–water partition coefficient (Wildman–Crippen LogP) is 2.47. The standard InChI is InChI=1S/C20H31N5O/c1-17-20(23-16-22-17)15-25(13-18-3-7-21-8-4-18)14-19-5-9-24(10-6-19)11-12-26-2/h3-4,7-8,16,19H,5-6,9-15H2,1-2H3,(H,22,23). The fourth-order valence-corrected chi connectivity index (χ4v) is 3.67. The number of aryl methyl sites for hydroxylation is 1. The molecule has 0 amide bonds. The summed E-state index contributed by atoms with van der Waals surface area (Å²) in [4.78, 5) is 16.9. The van der Waals surface area contributed by atoms with E-state index < -0.39 is 0 Å². The lowest BCUT2D eigenvalue weighted by atomic mass is 9.96. The average Bonchev–Trinajstić information content (AvgIpc) is 3.06. The monoisotopic (exact) mass is 357 g/mol. The fraction of sp³-hybridized carbons (Fsp3) is 0.600.